The van der Waals surface area contributed by atoms with Gasteiger partial charge in [-0.05, 0) is 0 Å². The molecule has 30 heavy (non-hydrogen) atoms. The summed E-state index contributed by atoms with van der Waals surface area (Å²) in [4.78, 5) is 46.7. The van der Waals surface area contributed by atoms with E-state index in [0.29, 0.717) is 24.3 Å². The zero-order valence-electron chi connectivity index (χ0n) is 15.4. The van der Waals surface area contributed by atoms with Gasteiger partial charge in [-0.2, -0.15) is 0 Å². The average molecular weight is 432 g/mol. The van der Waals surface area contributed by atoms with Crippen LogP contribution in [0.1, 0.15) is 0 Å². The fraction of sp³-hybridized carbons (Fsp3) is 0.294. The molecular formula is C17H20O13. The minimum Gasteiger partial charge on any atom is -0.419 e. The summed E-state index contributed by atoms with van der Waals surface area (Å²) in [6.45, 7) is 10.4. The van der Waals surface area contributed by atoms with Crippen molar-refractivity contribution in [2.75, 3.05) is 6.61 Å². The van der Waals surface area contributed by atoms with Crippen LogP contribution in [-0.4, -0.2) is 79.7 Å². The first-order valence-corrected chi connectivity index (χ1v) is 7.68. The zero-order chi connectivity index (χ0) is 23.8. The molecule has 3 atom stereocenters. The Balaban J connectivity index is 7.08. The molecule has 13 nitrogen and oxygen atoms in total. The van der Waals surface area contributed by atoms with Crippen LogP contribution in [0.3, 0.4) is 0 Å². The summed E-state index contributed by atoms with van der Waals surface area (Å²) in [6, 6.07) is 0. The van der Waals surface area contributed by atoms with E-state index in [1.807, 2.05) is 0 Å². The van der Waals surface area contributed by atoms with Crippen LogP contribution in [-0.2, 0) is 38.1 Å². The van der Waals surface area contributed by atoms with Crippen molar-refractivity contribution in [1.29, 1.82) is 0 Å². The molecule has 1 unspecified atom stereocenters. The predicted molar refractivity (Wildman–Crippen MR) is 93.1 cm³/mol. The fourth-order valence-electron chi connectivity index (χ4n) is 1.75. The van der Waals surface area contributed by atoms with Gasteiger partial charge in [-0.1, -0.05) is 26.3 Å². The van der Waals surface area contributed by atoms with Crippen molar-refractivity contribution in [2.45, 2.75) is 23.7 Å². The van der Waals surface area contributed by atoms with Gasteiger partial charge in [-0.25, -0.2) is 19.2 Å². The Morgan fingerprint density at radius 1 is 0.733 bits per heavy atom. The number of carbonyl (C=O) groups excluding carboxylic acids is 4. The van der Waals surface area contributed by atoms with Gasteiger partial charge in [0.05, 0.1) is 6.61 Å². The molecule has 0 fully saturated rings. The lowest BCUT2D eigenvalue weighted by Gasteiger charge is -2.47. The van der Waals surface area contributed by atoms with Gasteiger partial charge in [-0.15, -0.1) is 0 Å². The molecule has 0 aromatic carbocycles. The molecule has 5 N–H and O–H groups in total. The van der Waals surface area contributed by atoms with E-state index in [9.17, 15) is 44.7 Å². The summed E-state index contributed by atoms with van der Waals surface area (Å²) in [7, 11) is 0. The van der Waals surface area contributed by atoms with E-state index in [4.69, 9.17) is 0 Å². The number of aliphatic hydroxyl groups is 5. The van der Waals surface area contributed by atoms with E-state index in [1.165, 1.54) is 0 Å². The third-order valence-electron chi connectivity index (χ3n) is 3.19. The number of rotatable bonds is 12. The molecule has 0 heterocycles. The van der Waals surface area contributed by atoms with Crippen LogP contribution in [0.15, 0.2) is 50.6 Å². The monoisotopic (exact) mass is 432 g/mol. The number of ether oxygens (including phenoxy) is 4. The van der Waals surface area contributed by atoms with E-state index in [-0.39, 0.29) is 0 Å². The van der Waals surface area contributed by atoms with Gasteiger partial charge in [0, 0.05) is 24.3 Å². The Kier molecular flexibility index (Phi) is 9.26. The molecular weight excluding hydrogens is 412 g/mol. The molecule has 0 saturated carbocycles. The second kappa shape index (κ2) is 10.4. The number of aliphatic hydroxyl groups excluding tert-OH is 2. The van der Waals surface area contributed by atoms with Crippen LogP contribution < -0.4 is 0 Å². The van der Waals surface area contributed by atoms with Crippen LogP contribution in [0.4, 0.5) is 0 Å². The van der Waals surface area contributed by atoms with Crippen LogP contribution in [0.25, 0.3) is 0 Å². The quantitative estimate of drug-likeness (QED) is 0.0920. The van der Waals surface area contributed by atoms with Gasteiger partial charge in [0.1, 0.15) is 6.10 Å². The second-order valence-electron chi connectivity index (χ2n) is 5.12. The summed E-state index contributed by atoms with van der Waals surface area (Å²) in [5.41, 5.74) is 0. The van der Waals surface area contributed by atoms with Crippen molar-refractivity contribution in [1.82, 2.24) is 0 Å². The van der Waals surface area contributed by atoms with Crippen LogP contribution >= 0.6 is 0 Å². The zero-order valence-corrected chi connectivity index (χ0v) is 15.4. The van der Waals surface area contributed by atoms with E-state index in [1.54, 1.807) is 0 Å². The molecule has 0 aliphatic heterocycles. The molecule has 0 aliphatic rings. The normalized spacial score (nSPS) is 15.8. The predicted octanol–water partition coefficient (Wildman–Crippen LogP) is -2.72. The maximum absolute atomic E-state index is 11.7. The topological polar surface area (TPSA) is 206 Å². The number of carbonyl (C=O) groups is 4. The van der Waals surface area contributed by atoms with E-state index in [2.05, 4.69) is 45.3 Å². The summed E-state index contributed by atoms with van der Waals surface area (Å²) in [6.07, 6.45) is -1.30. The van der Waals surface area contributed by atoms with Gasteiger partial charge in [0.2, 0.25) is 0 Å². The van der Waals surface area contributed by atoms with Crippen molar-refractivity contribution >= 4 is 23.9 Å². The van der Waals surface area contributed by atoms with Crippen molar-refractivity contribution < 1.29 is 63.7 Å². The Labute approximate surface area is 169 Å². The second-order valence-corrected chi connectivity index (χ2v) is 5.12. The highest BCUT2D eigenvalue weighted by atomic mass is 16.9. The third-order valence-corrected chi connectivity index (χ3v) is 3.19. The number of esters is 4. The minimum absolute atomic E-state index is 0.344. The Morgan fingerprint density at radius 2 is 1.07 bits per heavy atom. The molecule has 0 aromatic rings. The first-order chi connectivity index (χ1) is 13.8. The molecule has 0 aliphatic carbocycles. The highest BCUT2D eigenvalue weighted by molar-refractivity contribution is 5.84. The van der Waals surface area contributed by atoms with Gasteiger partial charge in [0.15, 0.2) is 0 Å². The summed E-state index contributed by atoms with van der Waals surface area (Å²) >= 11 is 0. The minimum atomic E-state index is -4.34. The molecule has 0 amide bonds. The Morgan fingerprint density at radius 3 is 1.40 bits per heavy atom. The molecule has 0 saturated heterocycles. The highest BCUT2D eigenvalue weighted by Gasteiger charge is 2.76. The summed E-state index contributed by atoms with van der Waals surface area (Å²) in [5.74, 6) is -19.2. The average Bonchev–Trinajstić information content (AvgIpc) is 2.71. The summed E-state index contributed by atoms with van der Waals surface area (Å²) < 4.78 is 17.3. The third kappa shape index (κ3) is 5.37. The number of hydrogen-bond acceptors (Lipinski definition) is 13. The summed E-state index contributed by atoms with van der Waals surface area (Å²) in [5, 5.41) is 51.4. The molecule has 0 rings (SSSR count). The maximum Gasteiger partial charge on any atom is 0.451 e. The van der Waals surface area contributed by atoms with Gasteiger partial charge >= 0.3 is 41.4 Å². The lowest BCUT2D eigenvalue weighted by molar-refractivity contribution is -0.509. The van der Waals surface area contributed by atoms with Gasteiger partial charge in [0.25, 0.3) is 0 Å². The van der Waals surface area contributed by atoms with Crippen molar-refractivity contribution in [3.8, 4) is 0 Å². The smallest absolute Gasteiger partial charge is 0.419 e. The fourth-order valence-corrected chi connectivity index (χ4v) is 1.75. The van der Waals surface area contributed by atoms with Crippen LogP contribution in [0, 0.1) is 0 Å². The number of hydrogen-bond donors (Lipinski definition) is 5. The molecule has 0 spiro atoms. The van der Waals surface area contributed by atoms with Crippen molar-refractivity contribution in [3.05, 3.63) is 50.6 Å². The van der Waals surface area contributed by atoms with Crippen molar-refractivity contribution in [2.24, 2.45) is 0 Å². The van der Waals surface area contributed by atoms with E-state index in [0.717, 1.165) is 0 Å². The van der Waals surface area contributed by atoms with Crippen molar-refractivity contribution in [3.63, 3.8) is 0 Å². The van der Waals surface area contributed by atoms with Gasteiger partial charge in [-0.3, -0.25) is 0 Å². The lowest BCUT2D eigenvalue weighted by atomic mass is 9.96. The first kappa shape index (κ1) is 26.6. The molecule has 0 radical (unpaired) electrons. The molecule has 166 valence electrons. The largest absolute Gasteiger partial charge is 0.451 e. The first-order valence-electron chi connectivity index (χ1n) is 7.68. The Bertz CT molecular complexity index is 720. The van der Waals surface area contributed by atoms with E-state index >= 15 is 0 Å². The molecule has 0 bridgehead atoms. The van der Waals surface area contributed by atoms with Crippen LogP contribution in [0.5, 0.6) is 0 Å². The lowest BCUT2D eigenvalue weighted by Crippen LogP contribution is -2.77. The molecule has 13 heteroatoms. The Hall–Kier alpha value is -3.36. The SMILES string of the molecule is C=CC(=O)OC(O)(OC(=O)C=C)[C@@](O)(OC(=O)C=C)C(O)(OC(=O)C=C)[C@@H](O)CO. The van der Waals surface area contributed by atoms with Crippen LogP contribution in [0.2, 0.25) is 0 Å². The standard InChI is InChI=1S/C17H20O13/c1-5-11(20)27-15(24,10(19)9-18)16(25,28-12(21)6-2)17(26,29-13(22)7-3)30-14(23)8-4/h5-8,10,18-19,24-26H,1-4,9H2/t10-,15?,16-/m0/s1. The maximum atomic E-state index is 11.7. The van der Waals surface area contributed by atoms with Gasteiger partial charge < -0.3 is 44.5 Å². The van der Waals surface area contributed by atoms with E-state index < -0.39 is 54.1 Å². The highest BCUT2D eigenvalue weighted by Crippen LogP contribution is 2.40. The molecule has 0 aromatic heterocycles.